The predicted octanol–water partition coefficient (Wildman–Crippen LogP) is 2.20. The first-order chi connectivity index (χ1) is 12.5. The van der Waals surface area contributed by atoms with Gasteiger partial charge in [-0.15, -0.1) is 0 Å². The second kappa shape index (κ2) is 8.34. The summed E-state index contributed by atoms with van der Waals surface area (Å²) in [7, 11) is 0. The molecular weight excluding hydrogens is 332 g/mol. The summed E-state index contributed by atoms with van der Waals surface area (Å²) in [5.74, 6) is -1.29. The van der Waals surface area contributed by atoms with Gasteiger partial charge >= 0.3 is 5.97 Å². The lowest BCUT2D eigenvalue weighted by Crippen LogP contribution is -2.36. The van der Waals surface area contributed by atoms with E-state index in [2.05, 4.69) is 5.32 Å². The number of esters is 1. The van der Waals surface area contributed by atoms with Crippen molar-refractivity contribution in [3.63, 3.8) is 0 Å². The molecule has 140 valence electrons. The van der Waals surface area contributed by atoms with E-state index in [0.29, 0.717) is 6.54 Å². The monoisotopic (exact) mass is 358 g/mol. The standard InChI is InChI=1S/C20H26N2O4/c1-14(15-7-3-2-4-8-15)22-12-16(11-19(22)24)20(25)26-13-18(23)21-17-9-5-6-10-17/h2-4,7-8,14,16-17H,5-6,9-13H2,1H3,(H,21,23)/t14-,16+/m0/s1. The van der Waals surface area contributed by atoms with Crippen molar-refractivity contribution in [1.29, 1.82) is 0 Å². The highest BCUT2D eigenvalue weighted by Crippen LogP contribution is 2.29. The Hall–Kier alpha value is -2.37. The van der Waals surface area contributed by atoms with Crippen molar-refractivity contribution < 1.29 is 19.1 Å². The molecule has 0 unspecified atom stereocenters. The first kappa shape index (κ1) is 18.4. The van der Waals surface area contributed by atoms with Crippen LogP contribution in [0, 0.1) is 5.92 Å². The van der Waals surface area contributed by atoms with Gasteiger partial charge in [-0.3, -0.25) is 14.4 Å². The lowest BCUT2D eigenvalue weighted by atomic mass is 10.1. The van der Waals surface area contributed by atoms with Gasteiger partial charge in [0.15, 0.2) is 6.61 Å². The minimum atomic E-state index is -0.507. The van der Waals surface area contributed by atoms with E-state index in [1.165, 1.54) is 0 Å². The fourth-order valence-corrected chi connectivity index (χ4v) is 3.77. The van der Waals surface area contributed by atoms with Crippen LogP contribution in [0.3, 0.4) is 0 Å². The largest absolute Gasteiger partial charge is 0.455 e. The SMILES string of the molecule is C[C@@H](c1ccccc1)N1C[C@H](C(=O)OCC(=O)NC2CCCC2)CC1=O. The van der Waals surface area contributed by atoms with Crippen molar-refractivity contribution in [2.75, 3.05) is 13.2 Å². The van der Waals surface area contributed by atoms with Gasteiger partial charge in [0.2, 0.25) is 5.91 Å². The van der Waals surface area contributed by atoms with Crippen LogP contribution >= 0.6 is 0 Å². The third-order valence-electron chi connectivity index (χ3n) is 5.31. The summed E-state index contributed by atoms with van der Waals surface area (Å²) in [6.45, 7) is 2.02. The lowest BCUT2D eigenvalue weighted by molar-refractivity contribution is -0.152. The zero-order valence-corrected chi connectivity index (χ0v) is 15.1. The first-order valence-electron chi connectivity index (χ1n) is 9.35. The van der Waals surface area contributed by atoms with Gasteiger partial charge < -0.3 is 15.0 Å². The van der Waals surface area contributed by atoms with Crippen LogP contribution in [-0.4, -0.2) is 41.9 Å². The van der Waals surface area contributed by atoms with Crippen LogP contribution in [-0.2, 0) is 19.1 Å². The fraction of sp³-hybridized carbons (Fsp3) is 0.550. The molecule has 26 heavy (non-hydrogen) atoms. The molecule has 0 spiro atoms. The average Bonchev–Trinajstić information content (AvgIpc) is 3.29. The van der Waals surface area contributed by atoms with Crippen LogP contribution in [0.4, 0.5) is 0 Å². The van der Waals surface area contributed by atoms with E-state index in [0.717, 1.165) is 31.2 Å². The van der Waals surface area contributed by atoms with E-state index in [4.69, 9.17) is 4.74 Å². The Morgan fingerprint density at radius 1 is 1.23 bits per heavy atom. The first-order valence-corrected chi connectivity index (χ1v) is 9.35. The van der Waals surface area contributed by atoms with E-state index in [1.807, 2.05) is 37.3 Å². The van der Waals surface area contributed by atoms with Gasteiger partial charge in [0.25, 0.3) is 5.91 Å². The zero-order chi connectivity index (χ0) is 18.5. The molecule has 6 heteroatoms. The zero-order valence-electron chi connectivity index (χ0n) is 15.1. The van der Waals surface area contributed by atoms with E-state index in [9.17, 15) is 14.4 Å². The lowest BCUT2D eigenvalue weighted by Gasteiger charge is -2.25. The molecule has 2 fully saturated rings. The molecule has 2 aliphatic rings. The Balaban J connectivity index is 1.48. The Morgan fingerprint density at radius 2 is 1.92 bits per heavy atom. The van der Waals surface area contributed by atoms with E-state index in [1.54, 1.807) is 4.90 Å². The maximum atomic E-state index is 12.3. The van der Waals surface area contributed by atoms with Gasteiger partial charge in [-0.1, -0.05) is 43.2 Å². The Morgan fingerprint density at radius 3 is 2.62 bits per heavy atom. The molecule has 1 saturated carbocycles. The Labute approximate surface area is 153 Å². The van der Waals surface area contributed by atoms with Gasteiger partial charge in [-0.25, -0.2) is 0 Å². The molecule has 1 saturated heterocycles. The molecule has 6 nitrogen and oxygen atoms in total. The molecule has 1 aliphatic heterocycles. The highest BCUT2D eigenvalue weighted by Gasteiger charge is 2.38. The smallest absolute Gasteiger partial charge is 0.311 e. The molecule has 1 aromatic rings. The molecule has 2 atom stereocenters. The second-order valence-corrected chi connectivity index (χ2v) is 7.19. The van der Waals surface area contributed by atoms with Crippen LogP contribution < -0.4 is 5.32 Å². The number of amides is 2. The number of hydrogen-bond acceptors (Lipinski definition) is 4. The molecule has 1 aliphatic carbocycles. The van der Waals surface area contributed by atoms with Crippen LogP contribution in [0.15, 0.2) is 30.3 Å². The number of ether oxygens (including phenoxy) is 1. The normalized spacial score (nSPS) is 21.7. The molecule has 0 bridgehead atoms. The van der Waals surface area contributed by atoms with Crippen molar-refractivity contribution >= 4 is 17.8 Å². The van der Waals surface area contributed by atoms with Gasteiger partial charge in [0.05, 0.1) is 12.0 Å². The van der Waals surface area contributed by atoms with E-state index < -0.39 is 11.9 Å². The third-order valence-corrected chi connectivity index (χ3v) is 5.31. The minimum absolute atomic E-state index is 0.0567. The fourth-order valence-electron chi connectivity index (χ4n) is 3.77. The summed E-state index contributed by atoms with van der Waals surface area (Å²) < 4.78 is 5.15. The summed E-state index contributed by atoms with van der Waals surface area (Å²) in [6.07, 6.45) is 4.38. The van der Waals surface area contributed by atoms with Gasteiger partial charge in [-0.05, 0) is 25.3 Å². The Kier molecular flexibility index (Phi) is 5.91. The molecule has 1 heterocycles. The predicted molar refractivity (Wildman–Crippen MR) is 96.0 cm³/mol. The highest BCUT2D eigenvalue weighted by atomic mass is 16.5. The molecular formula is C20H26N2O4. The number of benzene rings is 1. The number of nitrogens with zero attached hydrogens (tertiary/aromatic N) is 1. The topological polar surface area (TPSA) is 75.7 Å². The number of nitrogens with one attached hydrogen (secondary N) is 1. The average molecular weight is 358 g/mol. The number of carbonyl (C=O) groups is 3. The van der Waals surface area contributed by atoms with E-state index in [-0.39, 0.29) is 36.9 Å². The number of rotatable bonds is 6. The maximum Gasteiger partial charge on any atom is 0.311 e. The summed E-state index contributed by atoms with van der Waals surface area (Å²) in [5, 5.41) is 2.89. The third kappa shape index (κ3) is 4.42. The minimum Gasteiger partial charge on any atom is -0.455 e. The summed E-state index contributed by atoms with van der Waals surface area (Å²) in [5.41, 5.74) is 1.03. The summed E-state index contributed by atoms with van der Waals surface area (Å²) in [6, 6.07) is 9.85. The van der Waals surface area contributed by atoms with Gasteiger partial charge in [-0.2, -0.15) is 0 Å². The number of carbonyl (C=O) groups excluding carboxylic acids is 3. The van der Waals surface area contributed by atoms with E-state index >= 15 is 0 Å². The highest BCUT2D eigenvalue weighted by molar-refractivity contribution is 5.88. The molecule has 0 aromatic heterocycles. The van der Waals surface area contributed by atoms with Crippen LogP contribution in [0.5, 0.6) is 0 Å². The number of hydrogen-bond donors (Lipinski definition) is 1. The molecule has 0 radical (unpaired) electrons. The number of likely N-dealkylation sites (tertiary alicyclic amines) is 1. The van der Waals surface area contributed by atoms with Crippen molar-refractivity contribution in [1.82, 2.24) is 10.2 Å². The molecule has 1 aromatic carbocycles. The van der Waals surface area contributed by atoms with Crippen LogP contribution in [0.1, 0.15) is 50.6 Å². The Bertz CT molecular complexity index is 655. The maximum absolute atomic E-state index is 12.3. The quantitative estimate of drug-likeness (QED) is 0.791. The van der Waals surface area contributed by atoms with Gasteiger partial charge in [0, 0.05) is 19.0 Å². The van der Waals surface area contributed by atoms with Crippen molar-refractivity contribution in [2.45, 2.75) is 51.1 Å². The van der Waals surface area contributed by atoms with Crippen LogP contribution in [0.2, 0.25) is 0 Å². The summed E-state index contributed by atoms with van der Waals surface area (Å²) >= 11 is 0. The van der Waals surface area contributed by atoms with Crippen molar-refractivity contribution in [3.8, 4) is 0 Å². The molecule has 2 amide bonds. The van der Waals surface area contributed by atoms with Crippen molar-refractivity contribution in [2.24, 2.45) is 5.92 Å². The second-order valence-electron chi connectivity index (χ2n) is 7.19. The molecule has 1 N–H and O–H groups in total. The van der Waals surface area contributed by atoms with Crippen LogP contribution in [0.25, 0.3) is 0 Å². The summed E-state index contributed by atoms with van der Waals surface area (Å²) in [4.78, 5) is 38.1. The van der Waals surface area contributed by atoms with Crippen molar-refractivity contribution in [3.05, 3.63) is 35.9 Å². The molecule has 3 rings (SSSR count). The van der Waals surface area contributed by atoms with Gasteiger partial charge in [0.1, 0.15) is 0 Å².